The molecule has 0 saturated heterocycles. The fraction of sp³-hybridized carbons (Fsp3) is 0.167. The largest absolute Gasteiger partial charge is 0.384 e. The molecule has 2 heterocycles. The monoisotopic (exact) mass is 406 g/mol. The highest BCUT2D eigenvalue weighted by atomic mass is 35.5. The number of amidine groups is 1. The fourth-order valence-corrected chi connectivity index (χ4v) is 3.09. The summed E-state index contributed by atoms with van der Waals surface area (Å²) < 4.78 is 43.7. The van der Waals surface area contributed by atoms with E-state index in [0.29, 0.717) is 16.5 Å². The van der Waals surface area contributed by atoms with Gasteiger partial charge in [-0.1, -0.05) is 11.6 Å². The highest BCUT2D eigenvalue weighted by Gasteiger charge is 2.30. The Morgan fingerprint density at radius 1 is 1.18 bits per heavy atom. The minimum atomic E-state index is -1.69. The van der Waals surface area contributed by atoms with Gasteiger partial charge >= 0.3 is 0 Å². The zero-order valence-electron chi connectivity index (χ0n) is 14.5. The molecule has 4 rings (SSSR count). The fourth-order valence-electron chi connectivity index (χ4n) is 2.96. The lowest BCUT2D eigenvalue weighted by Gasteiger charge is -2.24. The van der Waals surface area contributed by atoms with E-state index in [-0.39, 0.29) is 22.8 Å². The van der Waals surface area contributed by atoms with E-state index >= 15 is 0 Å². The second-order valence-electron chi connectivity index (χ2n) is 6.21. The lowest BCUT2D eigenvalue weighted by Crippen LogP contribution is -2.44. The molecule has 10 heteroatoms. The van der Waals surface area contributed by atoms with E-state index in [1.807, 2.05) is 0 Å². The molecule has 1 aromatic heterocycles. The number of nitrogens with zero attached hydrogens (tertiary/aromatic N) is 4. The lowest BCUT2D eigenvalue weighted by atomic mass is 10.2. The van der Waals surface area contributed by atoms with Crippen LogP contribution in [0.4, 0.5) is 18.9 Å². The van der Waals surface area contributed by atoms with Gasteiger partial charge in [0.25, 0.3) is 0 Å². The van der Waals surface area contributed by atoms with E-state index in [0.717, 1.165) is 12.1 Å². The van der Waals surface area contributed by atoms with Crippen LogP contribution in [0.25, 0.3) is 11.0 Å². The molecule has 3 N–H and O–H groups in total. The van der Waals surface area contributed by atoms with E-state index in [1.165, 1.54) is 4.57 Å². The second-order valence-corrected chi connectivity index (χ2v) is 6.65. The average Bonchev–Trinajstić information content (AvgIpc) is 2.97. The number of imidazole rings is 1. The van der Waals surface area contributed by atoms with Crippen molar-refractivity contribution in [2.45, 2.75) is 19.3 Å². The minimum Gasteiger partial charge on any atom is -0.384 e. The van der Waals surface area contributed by atoms with Crippen molar-refractivity contribution in [3.05, 3.63) is 58.9 Å². The molecule has 2 unspecified atom stereocenters. The topological polar surface area (TPSA) is 80.6 Å². The minimum absolute atomic E-state index is 0.0251. The Hall–Kier alpha value is -3.07. The van der Waals surface area contributed by atoms with Crippen LogP contribution in [-0.2, 0) is 0 Å². The highest BCUT2D eigenvalue weighted by Crippen LogP contribution is 2.24. The third-order valence-corrected chi connectivity index (χ3v) is 4.50. The van der Waals surface area contributed by atoms with Gasteiger partial charge in [-0.25, -0.2) is 23.1 Å². The number of aryl methyl sites for hydroxylation is 1. The summed E-state index contributed by atoms with van der Waals surface area (Å²) in [5.41, 5.74) is 6.39. The van der Waals surface area contributed by atoms with Gasteiger partial charge in [0.15, 0.2) is 18.2 Å². The van der Waals surface area contributed by atoms with Gasteiger partial charge in [-0.05, 0) is 31.2 Å². The van der Waals surface area contributed by atoms with Crippen molar-refractivity contribution in [1.82, 2.24) is 9.55 Å². The van der Waals surface area contributed by atoms with E-state index in [2.05, 4.69) is 20.3 Å². The summed E-state index contributed by atoms with van der Waals surface area (Å²) >= 11 is 5.86. The average molecular weight is 407 g/mol. The molecule has 6 nitrogen and oxygen atoms in total. The molecule has 0 bridgehead atoms. The molecular weight excluding hydrogens is 393 g/mol. The van der Waals surface area contributed by atoms with Gasteiger partial charge in [0.2, 0.25) is 5.96 Å². The number of halogens is 4. The maximum atomic E-state index is 14.6. The van der Waals surface area contributed by atoms with Gasteiger partial charge in [-0.2, -0.15) is 4.99 Å². The number of aliphatic imine (C=N–C) groups is 2. The van der Waals surface area contributed by atoms with Crippen molar-refractivity contribution >= 4 is 40.1 Å². The molecule has 2 aromatic carbocycles. The third kappa shape index (κ3) is 3.18. The van der Waals surface area contributed by atoms with Crippen LogP contribution in [0.3, 0.4) is 0 Å². The molecule has 0 fully saturated rings. The number of fused-ring (bicyclic) bond motifs is 1. The molecule has 0 saturated carbocycles. The summed E-state index contributed by atoms with van der Waals surface area (Å²) in [6.07, 6.45) is -2.79. The first-order valence-corrected chi connectivity index (χ1v) is 8.64. The van der Waals surface area contributed by atoms with Crippen molar-refractivity contribution in [1.29, 1.82) is 0 Å². The van der Waals surface area contributed by atoms with Gasteiger partial charge in [0.05, 0.1) is 5.52 Å². The first-order valence-electron chi connectivity index (χ1n) is 8.26. The standard InChI is InChI=1S/C18H14ClF3N6/c1-8-24-15-12(21)6-10(20)7-13(15)28(8)18-26-16(23)14(22)17(27-18)25-11-4-2-9(19)3-5-11/h2-7,14,17,25H,1H3,(H2,23,26,27). The number of anilines is 1. The van der Waals surface area contributed by atoms with Gasteiger partial charge in [0.1, 0.15) is 23.0 Å². The highest BCUT2D eigenvalue weighted by molar-refractivity contribution is 6.30. The van der Waals surface area contributed by atoms with Crippen LogP contribution in [0.5, 0.6) is 0 Å². The van der Waals surface area contributed by atoms with Crippen molar-refractivity contribution < 1.29 is 13.2 Å². The van der Waals surface area contributed by atoms with Crippen molar-refractivity contribution in [2.75, 3.05) is 5.32 Å². The molecular formula is C18H14ClF3N6. The van der Waals surface area contributed by atoms with Gasteiger partial charge in [0, 0.05) is 22.8 Å². The number of hydrogen-bond donors (Lipinski definition) is 2. The number of aromatic nitrogens is 2. The first kappa shape index (κ1) is 18.3. The molecule has 144 valence electrons. The van der Waals surface area contributed by atoms with E-state index in [9.17, 15) is 13.2 Å². The molecule has 0 radical (unpaired) electrons. The van der Waals surface area contributed by atoms with Crippen LogP contribution < -0.4 is 11.1 Å². The number of nitrogens with one attached hydrogen (secondary N) is 1. The van der Waals surface area contributed by atoms with Crippen molar-refractivity contribution in [2.24, 2.45) is 15.7 Å². The Labute approximate surface area is 162 Å². The summed E-state index contributed by atoms with van der Waals surface area (Å²) in [5.74, 6) is -1.63. The molecule has 3 aromatic rings. The Morgan fingerprint density at radius 2 is 1.89 bits per heavy atom. The molecule has 1 aliphatic rings. The van der Waals surface area contributed by atoms with Crippen molar-refractivity contribution in [3.8, 4) is 0 Å². The van der Waals surface area contributed by atoms with Crippen LogP contribution in [0, 0.1) is 18.6 Å². The number of hydrogen-bond acceptors (Lipinski definition) is 5. The van der Waals surface area contributed by atoms with E-state index in [4.69, 9.17) is 17.3 Å². The summed E-state index contributed by atoms with van der Waals surface area (Å²) in [6, 6.07) is 8.45. The number of benzene rings is 2. The summed E-state index contributed by atoms with van der Waals surface area (Å²) in [4.78, 5) is 12.3. The van der Waals surface area contributed by atoms with Crippen LogP contribution in [0.2, 0.25) is 5.02 Å². The SMILES string of the molecule is Cc1nc2c(F)cc(F)cc2n1C1=NC(Nc2ccc(Cl)cc2)C(F)C(N)=N1. The molecule has 0 aliphatic carbocycles. The molecule has 0 spiro atoms. The lowest BCUT2D eigenvalue weighted by molar-refractivity contribution is 0.376. The van der Waals surface area contributed by atoms with Gasteiger partial charge in [-0.15, -0.1) is 0 Å². The predicted molar refractivity (Wildman–Crippen MR) is 103 cm³/mol. The zero-order valence-corrected chi connectivity index (χ0v) is 15.3. The van der Waals surface area contributed by atoms with Crippen LogP contribution in [-0.4, -0.2) is 33.7 Å². The van der Waals surface area contributed by atoms with Crippen molar-refractivity contribution in [3.63, 3.8) is 0 Å². The van der Waals surface area contributed by atoms with Crippen LogP contribution in [0.15, 0.2) is 46.4 Å². The summed E-state index contributed by atoms with van der Waals surface area (Å²) in [5, 5.41) is 3.44. The summed E-state index contributed by atoms with van der Waals surface area (Å²) in [7, 11) is 0. The van der Waals surface area contributed by atoms with E-state index < -0.39 is 24.0 Å². The normalized spacial score (nSPS) is 19.5. The molecule has 1 aliphatic heterocycles. The smallest absolute Gasteiger partial charge is 0.234 e. The number of nitrogens with two attached hydrogens (primary N) is 1. The van der Waals surface area contributed by atoms with E-state index in [1.54, 1.807) is 31.2 Å². The third-order valence-electron chi connectivity index (χ3n) is 4.25. The Balaban J connectivity index is 1.79. The molecule has 2 atom stereocenters. The second kappa shape index (κ2) is 6.83. The van der Waals surface area contributed by atoms with Gasteiger partial charge in [-0.3, -0.25) is 4.57 Å². The maximum absolute atomic E-state index is 14.6. The Bertz CT molecular complexity index is 1120. The number of alkyl halides is 1. The van der Waals surface area contributed by atoms with Gasteiger partial charge < -0.3 is 11.1 Å². The van der Waals surface area contributed by atoms with Crippen LogP contribution >= 0.6 is 11.6 Å². The quantitative estimate of drug-likeness (QED) is 0.682. The predicted octanol–water partition coefficient (Wildman–Crippen LogP) is 3.63. The van der Waals surface area contributed by atoms with Crippen LogP contribution in [0.1, 0.15) is 5.82 Å². The Morgan fingerprint density at radius 3 is 2.61 bits per heavy atom. The number of rotatable bonds is 2. The summed E-state index contributed by atoms with van der Waals surface area (Å²) in [6.45, 7) is 1.58. The molecule has 0 amide bonds. The molecule has 28 heavy (non-hydrogen) atoms. The first-order chi connectivity index (χ1) is 13.3. The maximum Gasteiger partial charge on any atom is 0.234 e. The zero-order chi connectivity index (χ0) is 20.0. The Kier molecular flexibility index (Phi) is 4.46.